The third kappa shape index (κ3) is 4.75. The second-order valence-electron chi connectivity index (χ2n) is 7.51. The van der Waals surface area contributed by atoms with Crippen LogP contribution in [0.5, 0.6) is 0 Å². The number of carboxylic acid groups (broad SMARTS) is 1. The zero-order valence-electron chi connectivity index (χ0n) is 18.2. The molecule has 13 heteroatoms. The standard InChI is InChI=1S/C21H22N6O5S2/c1-2-8-32-25-14(13-11-34-21(22)23-13)17(28)24-15-18(29)27-16(20(30)31)12(10-33-19(15)27)9-26-6-4-3-5-7-26/h3-7,11,15,19H,2,8-10H2,1H3,(H3-,22,23,24,28,30,31)/p+1/t15?,19-/m0/s1. The topological polar surface area (TPSA) is 151 Å². The molecule has 1 unspecified atom stereocenters. The van der Waals surface area contributed by atoms with E-state index >= 15 is 0 Å². The van der Waals surface area contributed by atoms with Crippen LogP contribution in [0.25, 0.3) is 0 Å². The number of nitrogen functional groups attached to an aromatic ring is 1. The fourth-order valence-electron chi connectivity index (χ4n) is 3.58. The van der Waals surface area contributed by atoms with Crippen molar-refractivity contribution in [2.75, 3.05) is 18.1 Å². The number of amides is 2. The maximum Gasteiger partial charge on any atom is 0.352 e. The van der Waals surface area contributed by atoms with Crippen LogP contribution >= 0.6 is 23.1 Å². The van der Waals surface area contributed by atoms with Crippen LogP contribution in [0.3, 0.4) is 0 Å². The van der Waals surface area contributed by atoms with Gasteiger partial charge in [-0.3, -0.25) is 14.5 Å². The first-order valence-electron chi connectivity index (χ1n) is 10.5. The average molecular weight is 504 g/mol. The van der Waals surface area contributed by atoms with Crippen molar-refractivity contribution in [3.05, 3.63) is 52.9 Å². The van der Waals surface area contributed by atoms with Crippen LogP contribution in [-0.4, -0.2) is 62.3 Å². The minimum absolute atomic E-state index is 0.0388. The number of aliphatic carboxylic acids is 1. The van der Waals surface area contributed by atoms with Gasteiger partial charge in [-0.15, -0.1) is 23.1 Å². The van der Waals surface area contributed by atoms with Crippen molar-refractivity contribution >= 4 is 51.7 Å². The number of fused-ring (bicyclic) bond motifs is 1. The lowest BCUT2D eigenvalue weighted by Gasteiger charge is -2.49. The largest absolute Gasteiger partial charge is 0.477 e. The number of thiazole rings is 1. The number of carboxylic acids is 1. The molecule has 2 aliphatic rings. The molecule has 4 heterocycles. The fourth-order valence-corrected chi connectivity index (χ4v) is 5.46. The molecule has 0 spiro atoms. The highest BCUT2D eigenvalue weighted by molar-refractivity contribution is 8.00. The number of rotatable bonds is 9. The van der Waals surface area contributed by atoms with E-state index < -0.39 is 29.2 Å². The Bertz CT molecular complexity index is 1170. The highest BCUT2D eigenvalue weighted by atomic mass is 32.2. The Balaban J connectivity index is 1.52. The SMILES string of the molecule is CCCON=C(C(=O)NC1C(=O)N2C(C(=O)O)=C(C[n+]3ccccc3)CS[C@@H]12)c1csc(N)n1. The molecule has 1 saturated heterocycles. The average Bonchev–Trinajstić information content (AvgIpc) is 3.26. The van der Waals surface area contributed by atoms with Gasteiger partial charge in [0.2, 0.25) is 0 Å². The predicted molar refractivity (Wildman–Crippen MR) is 126 cm³/mol. The molecule has 0 aliphatic carbocycles. The molecule has 2 aliphatic heterocycles. The minimum atomic E-state index is -1.18. The van der Waals surface area contributed by atoms with Crippen molar-refractivity contribution in [2.24, 2.45) is 5.16 Å². The lowest BCUT2D eigenvalue weighted by atomic mass is 10.0. The molecule has 11 nitrogen and oxygen atoms in total. The molecule has 1 fully saturated rings. The van der Waals surface area contributed by atoms with E-state index in [0.717, 1.165) is 11.3 Å². The molecule has 2 aromatic rings. The Hall–Kier alpha value is -3.45. The van der Waals surface area contributed by atoms with E-state index in [1.165, 1.54) is 16.7 Å². The monoisotopic (exact) mass is 503 g/mol. The third-order valence-corrected chi connectivity index (χ3v) is 7.13. The van der Waals surface area contributed by atoms with Gasteiger partial charge in [0.25, 0.3) is 11.8 Å². The van der Waals surface area contributed by atoms with Gasteiger partial charge in [0.05, 0.1) is 0 Å². The summed E-state index contributed by atoms with van der Waals surface area (Å²) in [5.74, 6) is -1.91. The molecule has 2 atom stereocenters. The molecular formula is C21H23N6O5S2+. The van der Waals surface area contributed by atoms with E-state index in [9.17, 15) is 19.5 Å². The van der Waals surface area contributed by atoms with Crippen molar-refractivity contribution in [2.45, 2.75) is 31.3 Å². The van der Waals surface area contributed by atoms with Crippen LogP contribution in [0.4, 0.5) is 5.13 Å². The zero-order valence-corrected chi connectivity index (χ0v) is 19.8. The lowest BCUT2D eigenvalue weighted by Crippen LogP contribution is -2.71. The highest BCUT2D eigenvalue weighted by Gasteiger charge is 2.54. The molecule has 2 amide bonds. The first-order valence-corrected chi connectivity index (χ1v) is 12.4. The van der Waals surface area contributed by atoms with Crippen molar-refractivity contribution in [3.8, 4) is 0 Å². The van der Waals surface area contributed by atoms with Gasteiger partial charge in [0, 0.05) is 28.8 Å². The number of pyridine rings is 1. The predicted octanol–water partition coefficient (Wildman–Crippen LogP) is 0.582. The number of anilines is 1. The molecule has 4 rings (SSSR count). The number of carbonyl (C=O) groups excluding carboxylic acids is 2. The van der Waals surface area contributed by atoms with Crippen molar-refractivity contribution in [1.29, 1.82) is 0 Å². The fraction of sp³-hybridized carbons (Fsp3) is 0.333. The van der Waals surface area contributed by atoms with Gasteiger partial charge in [0.15, 0.2) is 29.8 Å². The maximum absolute atomic E-state index is 13.0. The summed E-state index contributed by atoms with van der Waals surface area (Å²) in [6.07, 6.45) is 4.36. The number of β-lactam (4-membered cyclic amide) rings is 1. The lowest BCUT2D eigenvalue weighted by molar-refractivity contribution is -0.689. The first kappa shape index (κ1) is 23.7. The highest BCUT2D eigenvalue weighted by Crippen LogP contribution is 2.40. The molecule has 0 aromatic carbocycles. The molecule has 0 bridgehead atoms. The van der Waals surface area contributed by atoms with Crippen LogP contribution in [0.15, 0.2) is 52.4 Å². The molecule has 34 heavy (non-hydrogen) atoms. The summed E-state index contributed by atoms with van der Waals surface area (Å²) >= 11 is 2.55. The van der Waals surface area contributed by atoms with E-state index in [2.05, 4.69) is 15.5 Å². The molecule has 0 saturated carbocycles. The molecule has 4 N–H and O–H groups in total. The van der Waals surface area contributed by atoms with E-state index in [1.54, 1.807) is 5.38 Å². The summed E-state index contributed by atoms with van der Waals surface area (Å²) in [5.41, 5.74) is 6.41. The van der Waals surface area contributed by atoms with Gasteiger partial charge in [-0.2, -0.15) is 0 Å². The zero-order chi connectivity index (χ0) is 24.2. The van der Waals surface area contributed by atoms with Gasteiger partial charge in [-0.25, -0.2) is 14.3 Å². The van der Waals surface area contributed by atoms with Crippen LogP contribution < -0.4 is 15.6 Å². The summed E-state index contributed by atoms with van der Waals surface area (Å²) in [6, 6.07) is 4.66. The Morgan fingerprint density at radius 3 is 2.79 bits per heavy atom. The number of aromatic nitrogens is 2. The van der Waals surface area contributed by atoms with Crippen LogP contribution in [-0.2, 0) is 25.8 Å². The smallest absolute Gasteiger partial charge is 0.352 e. The summed E-state index contributed by atoms with van der Waals surface area (Å²) < 4.78 is 1.85. The minimum Gasteiger partial charge on any atom is -0.477 e. The normalized spacial score (nSPS) is 20.0. The van der Waals surface area contributed by atoms with Crippen molar-refractivity contribution < 1.29 is 28.9 Å². The number of hydrogen-bond acceptors (Lipinski definition) is 9. The van der Waals surface area contributed by atoms with Crippen LogP contribution in [0.2, 0.25) is 0 Å². The first-order chi connectivity index (χ1) is 16.4. The van der Waals surface area contributed by atoms with Crippen LogP contribution in [0, 0.1) is 0 Å². The Labute approximate surface area is 203 Å². The molecule has 2 aromatic heterocycles. The molecular weight excluding hydrogens is 480 g/mol. The van der Waals surface area contributed by atoms with E-state index in [4.69, 9.17) is 10.6 Å². The summed E-state index contributed by atoms with van der Waals surface area (Å²) in [5, 5.41) is 17.7. The number of nitrogens with zero attached hydrogens (tertiary/aromatic N) is 4. The number of hydrogen-bond donors (Lipinski definition) is 3. The Morgan fingerprint density at radius 1 is 1.38 bits per heavy atom. The van der Waals surface area contributed by atoms with Gasteiger partial charge in [-0.05, 0) is 6.42 Å². The van der Waals surface area contributed by atoms with E-state index in [-0.39, 0.29) is 22.2 Å². The van der Waals surface area contributed by atoms with Crippen molar-refractivity contribution in [1.82, 2.24) is 15.2 Å². The number of nitrogens with two attached hydrogens (primary N) is 1. The number of nitrogens with one attached hydrogen (secondary N) is 1. The number of carbonyl (C=O) groups is 3. The number of oxime groups is 1. The summed E-state index contributed by atoms with van der Waals surface area (Å²) in [4.78, 5) is 48.5. The summed E-state index contributed by atoms with van der Waals surface area (Å²) in [6.45, 7) is 2.55. The van der Waals surface area contributed by atoms with Gasteiger partial charge >= 0.3 is 5.97 Å². The Kier molecular flexibility index (Phi) is 7.12. The van der Waals surface area contributed by atoms with Gasteiger partial charge in [-0.1, -0.05) is 18.1 Å². The second-order valence-corrected chi connectivity index (χ2v) is 9.50. The van der Waals surface area contributed by atoms with Crippen LogP contribution in [0.1, 0.15) is 19.0 Å². The van der Waals surface area contributed by atoms with Crippen molar-refractivity contribution in [3.63, 3.8) is 0 Å². The van der Waals surface area contributed by atoms with Gasteiger partial charge < -0.3 is 21.0 Å². The third-order valence-electron chi connectivity index (χ3n) is 5.12. The quantitative estimate of drug-likeness (QED) is 0.148. The molecule has 178 valence electrons. The maximum atomic E-state index is 13.0. The summed E-state index contributed by atoms with van der Waals surface area (Å²) in [7, 11) is 0. The number of thioether (sulfide) groups is 1. The van der Waals surface area contributed by atoms with Gasteiger partial charge in [0.1, 0.15) is 29.4 Å². The Morgan fingerprint density at radius 2 is 2.15 bits per heavy atom. The van der Waals surface area contributed by atoms with E-state index in [1.807, 2.05) is 42.1 Å². The molecule has 0 radical (unpaired) electrons. The second kappa shape index (κ2) is 10.2. The van der Waals surface area contributed by atoms with E-state index in [0.29, 0.717) is 30.9 Å².